The molecule has 0 heterocycles. The highest BCUT2D eigenvalue weighted by Gasteiger charge is 2.28. The van der Waals surface area contributed by atoms with Crippen molar-refractivity contribution in [2.75, 3.05) is 40.1 Å². The van der Waals surface area contributed by atoms with Crippen molar-refractivity contribution < 1.29 is 103 Å². The average molecular weight is 1120 g/mol. The molecule has 0 amide bonds. The van der Waals surface area contributed by atoms with E-state index in [1.807, 2.05) is 0 Å². The number of carboxylic acids is 1. The quantitative estimate of drug-likeness (QED) is 0.0327. The van der Waals surface area contributed by atoms with Crippen LogP contribution in [0.15, 0.2) is 96.1 Å². The Morgan fingerprint density at radius 3 is 1.34 bits per heavy atom. The van der Waals surface area contributed by atoms with Crippen molar-refractivity contribution in [3.05, 3.63) is 82.4 Å². The first kappa shape index (κ1) is 57.7. The maximum absolute atomic E-state index is 11.4. The van der Waals surface area contributed by atoms with E-state index >= 15 is 0 Å². The van der Waals surface area contributed by atoms with Crippen molar-refractivity contribution in [2.45, 2.75) is 29.4 Å². The second-order valence-corrected chi connectivity index (χ2v) is 21.9. The molecule has 71 heavy (non-hydrogen) atoms. The van der Waals surface area contributed by atoms with Gasteiger partial charge in [0.25, 0.3) is 66.4 Å². The number of anilines is 7. The van der Waals surface area contributed by atoms with E-state index in [9.17, 15) is 84.7 Å². The molecule has 6 aromatic carbocycles. The number of carbonyl (C=O) groups is 1. The predicted molar refractivity (Wildman–Crippen MR) is 247 cm³/mol. The summed E-state index contributed by atoms with van der Waals surface area (Å²) >= 11 is 0. The molecule has 6 rings (SSSR count). The Morgan fingerprint density at radius 2 is 0.901 bits per heavy atom. The van der Waals surface area contributed by atoms with Crippen LogP contribution >= 0.6 is 0 Å². The second-order valence-electron chi connectivity index (χ2n) is 13.5. The number of non-ortho nitro benzene ring substituents is 1. The number of nitro benzene ring substituents is 1. The zero-order valence-corrected chi connectivity index (χ0v) is 39.3. The third kappa shape index (κ3) is 13.2. The Morgan fingerprint density at radius 1 is 0.451 bits per heavy atom. The molecule has 0 aromatic heterocycles. The number of nitrogens with zero attached hydrogens (tertiary/aromatic N) is 1. The molecule has 0 aliphatic heterocycles. The van der Waals surface area contributed by atoms with Crippen LogP contribution < -0.4 is 40.1 Å². The lowest BCUT2D eigenvalue weighted by Gasteiger charge is -2.14. The van der Waals surface area contributed by atoms with Gasteiger partial charge in [-0.25, -0.2) is 4.79 Å². The number of phenolic OH excluding ortho intramolecular Hbond substituents is 2. The van der Waals surface area contributed by atoms with E-state index in [1.54, 1.807) is 0 Å². The van der Waals surface area contributed by atoms with Gasteiger partial charge in [-0.1, -0.05) is 0 Å². The Labute approximate surface area is 398 Å². The molecule has 386 valence electrons. The first-order chi connectivity index (χ1) is 31.9. The molecule has 0 aliphatic carbocycles. The van der Waals surface area contributed by atoms with Gasteiger partial charge in [-0.3, -0.25) is 37.4 Å². The zero-order chi connectivity index (χ0) is 55.1. The zero-order valence-electron chi connectivity index (χ0n) is 34.4. The van der Waals surface area contributed by atoms with E-state index in [-0.39, 0.29) is 44.8 Å². The normalized spacial score (nSPS) is 12.1. The molecule has 0 saturated heterocycles. The molecule has 32 nitrogen and oxygen atoms in total. The highest BCUT2D eigenvalue weighted by molar-refractivity contribution is 7.87. The maximum Gasteiger partial charge on any atom is 0.337 e. The molecule has 0 radical (unpaired) electrons. The molecule has 0 spiro atoms. The fourth-order valence-electron chi connectivity index (χ4n) is 5.67. The van der Waals surface area contributed by atoms with E-state index in [4.69, 9.17) is 63.5 Å². The lowest BCUT2D eigenvalue weighted by molar-refractivity contribution is -0.385. The molecule has 0 saturated carbocycles. The number of fused-ring (bicyclic) bond motifs is 2. The number of aromatic carboxylic acids is 1. The summed E-state index contributed by atoms with van der Waals surface area (Å²) in [5, 5.41) is 37.4. The van der Waals surface area contributed by atoms with Crippen molar-refractivity contribution in [3.63, 3.8) is 0 Å². The molecule has 0 atom stereocenters. The summed E-state index contributed by atoms with van der Waals surface area (Å²) in [6.07, 6.45) is 0. The fraction of sp³-hybridized carbons (Fsp3) is 0. The summed E-state index contributed by atoms with van der Waals surface area (Å²) in [5.74, 6) is -3.00. The summed E-state index contributed by atoms with van der Waals surface area (Å²) in [6.45, 7) is 0. The molecular formula is C33H34N8O24S6. The number of phenols is 2. The van der Waals surface area contributed by atoms with Gasteiger partial charge in [0.15, 0.2) is 0 Å². The van der Waals surface area contributed by atoms with Gasteiger partial charge in [-0.05, 0) is 54.6 Å². The van der Waals surface area contributed by atoms with E-state index in [1.165, 1.54) is 6.07 Å². The topological polar surface area (TPSA) is 629 Å². The van der Waals surface area contributed by atoms with Gasteiger partial charge < -0.3 is 55.5 Å². The van der Waals surface area contributed by atoms with Crippen molar-refractivity contribution in [2.24, 2.45) is 0 Å². The van der Waals surface area contributed by atoms with Crippen LogP contribution in [0.25, 0.3) is 21.5 Å². The van der Waals surface area contributed by atoms with Crippen molar-refractivity contribution in [1.82, 2.24) is 0 Å². The first-order valence-corrected chi connectivity index (χ1v) is 26.1. The first-order valence-electron chi connectivity index (χ1n) is 17.4. The number of benzene rings is 6. The molecule has 0 aliphatic rings. The minimum Gasteiger partial charge on any atom is -0.505 e. The van der Waals surface area contributed by atoms with Gasteiger partial charge in [0.2, 0.25) is 0 Å². The summed E-state index contributed by atoms with van der Waals surface area (Å²) in [6, 6.07) is 10.2. The van der Waals surface area contributed by atoms with Crippen LogP contribution in [-0.4, -0.2) is 104 Å². The lowest BCUT2D eigenvalue weighted by Crippen LogP contribution is -2.08. The van der Waals surface area contributed by atoms with Gasteiger partial charge in [-0.2, -0.15) is 50.5 Å². The average Bonchev–Trinajstić information content (AvgIpc) is 3.19. The van der Waals surface area contributed by atoms with Crippen LogP contribution in [-0.2, 0) is 60.7 Å². The molecule has 0 bridgehead atoms. The Hall–Kier alpha value is -7.63. The Balaban J connectivity index is 0.000000256. The number of rotatable bonds is 8. The number of hydrogen-bond acceptors (Lipinski definition) is 24. The van der Waals surface area contributed by atoms with Crippen LogP contribution in [0.4, 0.5) is 45.5 Å². The minimum absolute atomic E-state index is 0.0649. The van der Waals surface area contributed by atoms with E-state index in [0.717, 1.165) is 42.5 Å². The SMILES string of the molecule is Nc1cc(S(=O)(=O)O)c2cc(S(=O)(=O)O)c(N)c(O)c2c1N.Nc1ccc(S(=O)(=O)O)cc1C(=O)O.Nc1ccc([N+](=O)[O-])cc1S(=O)(=O)O.Nc1ccc2c(O)c(N)c(S(=O)(=O)O)cc2c1S(=O)(=O)O. The standard InChI is InChI=1S/C10H11N3O7S2.C10H10N2O7S2.C7H7NO5S.C6H6N2O5S/c11-4-2-5(21(15,16)17)3-1-6(22(18,19)20)9(13)10(14)7(3)8(4)12;11-6-2-1-4-5(10(6)21(17,18)19)3-7(20(14,15)16)8(12)9(4)13;8-6-2-1-4(14(11,12)13)3-5(6)7(9)10;7-5-2-1-4(8(9)10)3-6(5)14(11,12)13/h1-2,14H,11-13H2,(H,15,16,17)(H,18,19,20);1-3,13H,11-12H2,(H,14,15,16)(H,17,18,19);1-3H,8H2,(H,9,10)(H,11,12,13);1-3H,7H2,(H,11,12,13). The maximum atomic E-state index is 11.4. The number of nitrogen functional groups attached to an aromatic ring is 7. The van der Waals surface area contributed by atoms with Crippen LogP contribution in [0.2, 0.25) is 0 Å². The summed E-state index contributed by atoms with van der Waals surface area (Å²) in [7, 11) is -28.2. The third-order valence-corrected chi connectivity index (χ3v) is 14.3. The Kier molecular flexibility index (Phi) is 16.3. The monoisotopic (exact) mass is 1120 g/mol. The Bertz CT molecular complexity index is 3930. The summed E-state index contributed by atoms with van der Waals surface area (Å²) in [5.41, 5.74) is 34.5. The molecule has 23 N–H and O–H groups in total. The van der Waals surface area contributed by atoms with Gasteiger partial charge >= 0.3 is 5.97 Å². The van der Waals surface area contributed by atoms with E-state index in [2.05, 4.69) is 0 Å². The van der Waals surface area contributed by atoms with Crippen molar-refractivity contribution in [1.29, 1.82) is 0 Å². The lowest BCUT2D eigenvalue weighted by atomic mass is 10.1. The number of nitrogens with two attached hydrogens (primary N) is 7. The summed E-state index contributed by atoms with van der Waals surface area (Å²) < 4.78 is 187. The molecule has 0 unspecified atom stereocenters. The second kappa shape index (κ2) is 20.0. The molecular weight excluding hydrogens is 1080 g/mol. The minimum atomic E-state index is -4.87. The largest absolute Gasteiger partial charge is 0.505 e. The molecule has 6 aromatic rings. The highest BCUT2D eigenvalue weighted by atomic mass is 32.2. The van der Waals surface area contributed by atoms with Crippen LogP contribution in [0, 0.1) is 10.1 Å². The smallest absolute Gasteiger partial charge is 0.337 e. The third-order valence-electron chi connectivity index (χ3n) is 8.84. The van der Waals surface area contributed by atoms with Crippen molar-refractivity contribution >= 4 is 134 Å². The number of hydrogen-bond donors (Lipinski definition) is 16. The molecule has 38 heteroatoms. The van der Waals surface area contributed by atoms with Gasteiger partial charge in [0, 0.05) is 34.0 Å². The number of nitro groups is 1. The van der Waals surface area contributed by atoms with Gasteiger partial charge in [0.1, 0.15) is 36.0 Å². The highest BCUT2D eigenvalue weighted by Crippen LogP contribution is 2.44. The van der Waals surface area contributed by atoms with Crippen molar-refractivity contribution in [3.8, 4) is 11.5 Å². The van der Waals surface area contributed by atoms with Crippen LogP contribution in [0.1, 0.15) is 10.4 Å². The van der Waals surface area contributed by atoms with Gasteiger partial charge in [0.05, 0.1) is 54.9 Å². The van der Waals surface area contributed by atoms with E-state index < -0.39 is 140 Å². The summed E-state index contributed by atoms with van der Waals surface area (Å²) in [4.78, 5) is 15.5. The number of carboxylic acid groups (broad SMARTS) is 1. The van der Waals surface area contributed by atoms with E-state index in [0.29, 0.717) is 18.2 Å². The number of aromatic hydroxyl groups is 2. The van der Waals surface area contributed by atoms with Crippen LogP contribution in [0.5, 0.6) is 11.5 Å². The van der Waals surface area contributed by atoms with Crippen LogP contribution in [0.3, 0.4) is 0 Å². The predicted octanol–water partition coefficient (Wildman–Crippen LogP) is 0.626. The van der Waals surface area contributed by atoms with Gasteiger partial charge in [-0.15, -0.1) is 0 Å². The fourth-order valence-corrected chi connectivity index (χ4v) is 9.63. The molecule has 0 fully saturated rings.